The van der Waals surface area contributed by atoms with Gasteiger partial charge in [-0.1, -0.05) is 55.0 Å². The number of nitrogens with zero attached hydrogens (tertiary/aromatic N) is 1. The first-order chi connectivity index (χ1) is 13.6. The molecule has 1 aliphatic heterocycles. The Kier molecular flexibility index (Phi) is 7.25. The van der Waals surface area contributed by atoms with Crippen molar-refractivity contribution < 1.29 is 13.2 Å². The molecule has 0 saturated carbocycles. The predicted molar refractivity (Wildman–Crippen MR) is 114 cm³/mol. The Balaban J connectivity index is 1.76. The summed E-state index contributed by atoms with van der Waals surface area (Å²) >= 11 is 0. The van der Waals surface area contributed by atoms with Crippen LogP contribution in [0.25, 0.3) is 6.08 Å². The van der Waals surface area contributed by atoms with Crippen molar-refractivity contribution in [2.75, 3.05) is 26.7 Å². The molecule has 2 aromatic carbocycles. The molecule has 0 radical (unpaired) electrons. The summed E-state index contributed by atoms with van der Waals surface area (Å²) in [4.78, 5) is 2.35. The van der Waals surface area contributed by atoms with Gasteiger partial charge in [-0.3, -0.25) is 4.90 Å². The maximum Gasteiger partial charge on any atom is 0.233 e. The molecular formula is C22H28N2O3S. The zero-order valence-electron chi connectivity index (χ0n) is 16.3. The first kappa shape index (κ1) is 20.6. The van der Waals surface area contributed by atoms with Crippen LogP contribution >= 0.6 is 0 Å². The van der Waals surface area contributed by atoms with Crippen LogP contribution in [0, 0.1) is 0 Å². The third-order valence-corrected chi connectivity index (χ3v) is 6.11. The number of para-hydroxylation sites is 1. The molecule has 28 heavy (non-hydrogen) atoms. The summed E-state index contributed by atoms with van der Waals surface area (Å²) in [5, 5.41) is 1.23. The summed E-state index contributed by atoms with van der Waals surface area (Å²) in [6, 6.07) is 17.2. The van der Waals surface area contributed by atoms with Crippen LogP contribution in [0.3, 0.4) is 0 Å². The minimum atomic E-state index is -3.54. The molecule has 3 rings (SSSR count). The summed E-state index contributed by atoms with van der Waals surface area (Å²) in [6.07, 6.45) is 5.10. The number of hydrogen-bond acceptors (Lipinski definition) is 4. The zero-order chi connectivity index (χ0) is 19.8. The Morgan fingerprint density at radius 3 is 2.43 bits per heavy atom. The number of benzene rings is 2. The van der Waals surface area contributed by atoms with Gasteiger partial charge < -0.3 is 4.74 Å². The average Bonchev–Trinajstić information content (AvgIpc) is 2.74. The topological polar surface area (TPSA) is 58.6 Å². The highest BCUT2D eigenvalue weighted by Gasteiger charge is 2.25. The number of piperidine rings is 1. The molecule has 2 aromatic rings. The lowest BCUT2D eigenvalue weighted by molar-refractivity contribution is 0.162. The van der Waals surface area contributed by atoms with E-state index >= 15 is 0 Å². The van der Waals surface area contributed by atoms with Crippen molar-refractivity contribution in [3.63, 3.8) is 0 Å². The average molecular weight is 401 g/mol. The van der Waals surface area contributed by atoms with Gasteiger partial charge in [0.05, 0.1) is 13.2 Å². The molecule has 150 valence electrons. The number of nitrogens with one attached hydrogen (secondary N) is 1. The van der Waals surface area contributed by atoms with E-state index in [1.807, 2.05) is 54.6 Å². The number of ether oxygens (including phenoxy) is 1. The number of rotatable bonds is 8. The van der Waals surface area contributed by atoms with Crippen LogP contribution in [0.2, 0.25) is 0 Å². The van der Waals surface area contributed by atoms with E-state index in [4.69, 9.17) is 4.74 Å². The third kappa shape index (κ3) is 5.67. The summed E-state index contributed by atoms with van der Waals surface area (Å²) < 4.78 is 33.4. The third-order valence-electron chi connectivity index (χ3n) is 5.05. The SMILES string of the molecule is COc1ccccc1C(CNS(=O)(=O)/C=C/c1ccccc1)N1CCCCC1. The van der Waals surface area contributed by atoms with Gasteiger partial charge >= 0.3 is 0 Å². The van der Waals surface area contributed by atoms with E-state index in [1.54, 1.807) is 13.2 Å². The van der Waals surface area contributed by atoms with Crippen molar-refractivity contribution in [1.29, 1.82) is 0 Å². The van der Waals surface area contributed by atoms with Gasteiger partial charge in [-0.15, -0.1) is 0 Å². The van der Waals surface area contributed by atoms with Crippen molar-refractivity contribution in [3.05, 3.63) is 71.1 Å². The molecule has 1 heterocycles. The number of likely N-dealkylation sites (tertiary alicyclic amines) is 1. The molecule has 0 aromatic heterocycles. The minimum absolute atomic E-state index is 0.0589. The fraction of sp³-hybridized carbons (Fsp3) is 0.364. The van der Waals surface area contributed by atoms with E-state index in [1.165, 1.54) is 11.8 Å². The van der Waals surface area contributed by atoms with Crippen LogP contribution in [0.1, 0.15) is 36.4 Å². The second kappa shape index (κ2) is 9.87. The standard InChI is InChI=1S/C22H28N2O3S/c1-27-22-13-7-6-12-20(22)21(24-15-8-3-9-16-24)18-23-28(25,26)17-14-19-10-4-2-5-11-19/h2,4-7,10-14,17,21,23H,3,8-9,15-16,18H2,1H3/b17-14+. The summed E-state index contributed by atoms with van der Waals surface area (Å²) in [5.74, 6) is 0.789. The van der Waals surface area contributed by atoms with Crippen LogP contribution < -0.4 is 9.46 Å². The van der Waals surface area contributed by atoms with E-state index in [2.05, 4.69) is 9.62 Å². The Morgan fingerprint density at radius 1 is 1.04 bits per heavy atom. The van der Waals surface area contributed by atoms with Gasteiger partial charge in [-0.25, -0.2) is 13.1 Å². The smallest absolute Gasteiger partial charge is 0.233 e. The molecule has 1 fully saturated rings. The second-order valence-electron chi connectivity index (χ2n) is 6.96. The number of sulfonamides is 1. The Labute approximate surface area is 168 Å². The normalized spacial score (nSPS) is 16.9. The van der Waals surface area contributed by atoms with Crippen molar-refractivity contribution in [1.82, 2.24) is 9.62 Å². The van der Waals surface area contributed by atoms with Crippen LogP contribution in [-0.4, -0.2) is 40.1 Å². The van der Waals surface area contributed by atoms with E-state index in [-0.39, 0.29) is 6.04 Å². The lowest BCUT2D eigenvalue weighted by Crippen LogP contribution is -2.40. The van der Waals surface area contributed by atoms with Gasteiger partial charge in [0.2, 0.25) is 10.0 Å². The quantitative estimate of drug-likeness (QED) is 0.732. The van der Waals surface area contributed by atoms with E-state index < -0.39 is 10.0 Å². The van der Waals surface area contributed by atoms with Crippen LogP contribution in [0.5, 0.6) is 5.75 Å². The molecule has 1 atom stereocenters. The number of methoxy groups -OCH3 is 1. The van der Waals surface area contributed by atoms with E-state index in [9.17, 15) is 8.42 Å². The molecule has 1 unspecified atom stereocenters. The first-order valence-electron chi connectivity index (χ1n) is 9.69. The Bertz CT molecular complexity index is 876. The predicted octanol–water partition coefficient (Wildman–Crippen LogP) is 3.81. The summed E-state index contributed by atoms with van der Waals surface area (Å²) in [5.41, 5.74) is 1.87. The Hall–Kier alpha value is -2.15. The van der Waals surface area contributed by atoms with Gasteiger partial charge in [0.1, 0.15) is 5.75 Å². The molecule has 1 N–H and O–H groups in total. The van der Waals surface area contributed by atoms with Crippen molar-refractivity contribution in [2.24, 2.45) is 0 Å². The molecule has 5 nitrogen and oxygen atoms in total. The lowest BCUT2D eigenvalue weighted by atomic mass is 10.0. The van der Waals surface area contributed by atoms with E-state index in [0.29, 0.717) is 6.54 Å². The summed E-state index contributed by atoms with van der Waals surface area (Å²) in [7, 11) is -1.89. The molecule has 0 spiro atoms. The second-order valence-corrected chi connectivity index (χ2v) is 8.61. The largest absolute Gasteiger partial charge is 0.496 e. The Morgan fingerprint density at radius 2 is 1.71 bits per heavy atom. The van der Waals surface area contributed by atoms with Crippen LogP contribution in [0.4, 0.5) is 0 Å². The highest BCUT2D eigenvalue weighted by molar-refractivity contribution is 7.92. The minimum Gasteiger partial charge on any atom is -0.496 e. The molecule has 0 bridgehead atoms. The highest BCUT2D eigenvalue weighted by atomic mass is 32.2. The molecule has 0 amide bonds. The number of hydrogen-bond donors (Lipinski definition) is 1. The molecule has 6 heteroatoms. The fourth-order valence-electron chi connectivity index (χ4n) is 3.58. The van der Waals surface area contributed by atoms with Crippen LogP contribution in [0.15, 0.2) is 60.0 Å². The van der Waals surface area contributed by atoms with Gasteiger partial charge in [0.15, 0.2) is 0 Å². The van der Waals surface area contributed by atoms with Gasteiger partial charge in [-0.05, 0) is 43.6 Å². The monoisotopic (exact) mass is 400 g/mol. The van der Waals surface area contributed by atoms with Crippen molar-refractivity contribution >= 4 is 16.1 Å². The van der Waals surface area contributed by atoms with Gasteiger partial charge in [0.25, 0.3) is 0 Å². The van der Waals surface area contributed by atoms with Gasteiger partial charge in [-0.2, -0.15) is 0 Å². The van der Waals surface area contributed by atoms with Crippen molar-refractivity contribution in [3.8, 4) is 5.75 Å². The van der Waals surface area contributed by atoms with E-state index in [0.717, 1.165) is 42.8 Å². The first-order valence-corrected chi connectivity index (χ1v) is 11.2. The van der Waals surface area contributed by atoms with Crippen molar-refractivity contribution in [2.45, 2.75) is 25.3 Å². The molecular weight excluding hydrogens is 372 g/mol. The highest BCUT2D eigenvalue weighted by Crippen LogP contribution is 2.31. The van der Waals surface area contributed by atoms with Crippen LogP contribution in [-0.2, 0) is 10.0 Å². The molecule has 1 aliphatic rings. The lowest BCUT2D eigenvalue weighted by Gasteiger charge is -2.35. The maximum absolute atomic E-state index is 12.5. The summed E-state index contributed by atoms with van der Waals surface area (Å²) in [6.45, 7) is 2.23. The zero-order valence-corrected chi connectivity index (χ0v) is 17.1. The molecule has 1 saturated heterocycles. The van der Waals surface area contributed by atoms with Gasteiger partial charge in [0, 0.05) is 17.5 Å². The molecule has 0 aliphatic carbocycles. The fourth-order valence-corrected chi connectivity index (χ4v) is 4.41. The maximum atomic E-state index is 12.5.